The Bertz CT molecular complexity index is 1150. The molecule has 29 heavy (non-hydrogen) atoms. The van der Waals surface area contributed by atoms with Crippen molar-refractivity contribution in [2.24, 2.45) is 0 Å². The molecule has 4 rings (SSSR count). The Morgan fingerprint density at radius 2 is 2.03 bits per heavy atom. The Hall–Kier alpha value is -3.88. The number of anilines is 1. The van der Waals surface area contributed by atoms with Crippen molar-refractivity contribution < 1.29 is 18.4 Å². The van der Waals surface area contributed by atoms with Gasteiger partial charge in [-0.25, -0.2) is 14.2 Å². The molecule has 0 unspecified atom stereocenters. The Morgan fingerprint density at radius 3 is 2.76 bits per heavy atom. The highest BCUT2D eigenvalue weighted by atomic mass is 19.1. The number of hydrogen-bond acceptors (Lipinski definition) is 8. The summed E-state index contributed by atoms with van der Waals surface area (Å²) in [4.78, 5) is 24.7. The average molecular weight is 393 g/mol. The van der Waals surface area contributed by atoms with Crippen LogP contribution in [0.1, 0.15) is 23.1 Å². The van der Waals surface area contributed by atoms with E-state index in [1.54, 1.807) is 31.5 Å². The van der Waals surface area contributed by atoms with E-state index in [2.05, 4.69) is 25.4 Å². The van der Waals surface area contributed by atoms with Gasteiger partial charge in [-0.05, 0) is 42.8 Å². The van der Waals surface area contributed by atoms with E-state index in [0.29, 0.717) is 29.0 Å². The lowest BCUT2D eigenvalue weighted by Gasteiger charge is -2.09. The fourth-order valence-electron chi connectivity index (χ4n) is 2.76. The number of nitrogens with one attached hydrogen (secondary N) is 1. The molecule has 146 valence electrons. The maximum absolute atomic E-state index is 13.3. The van der Waals surface area contributed by atoms with Gasteiger partial charge in [-0.15, -0.1) is 0 Å². The molecule has 0 aliphatic carbocycles. The smallest absolute Gasteiger partial charge is 0.376 e. The molecule has 3 aromatic heterocycles. The second-order valence-electron chi connectivity index (χ2n) is 6.05. The first-order valence-corrected chi connectivity index (χ1v) is 8.89. The second-order valence-corrected chi connectivity index (χ2v) is 6.05. The fraction of sp³-hybridized carbons (Fsp3) is 0.150. The summed E-state index contributed by atoms with van der Waals surface area (Å²) in [6.07, 6.45) is 3.39. The summed E-state index contributed by atoms with van der Waals surface area (Å²) < 4.78 is 23.6. The molecule has 0 saturated heterocycles. The number of rotatable bonds is 6. The lowest BCUT2D eigenvalue weighted by atomic mass is 10.1. The number of nitrogens with zero attached hydrogens (tertiary/aromatic N) is 4. The molecule has 0 bridgehead atoms. The molecule has 0 spiro atoms. The summed E-state index contributed by atoms with van der Waals surface area (Å²) in [7, 11) is 0. The summed E-state index contributed by atoms with van der Waals surface area (Å²) >= 11 is 0. The van der Waals surface area contributed by atoms with Crippen LogP contribution < -0.4 is 5.32 Å². The number of pyridine rings is 1. The summed E-state index contributed by atoms with van der Waals surface area (Å²) in [5.74, 6) is -0.826. The standard InChI is InChI=1S/C20H16FN5O3/c1-2-28-20(27)18-24-17(23-11-12-4-3-9-22-10-12)15-16(26-29-19(15)25-18)13-5-7-14(21)8-6-13/h3-10H,2,11H2,1H3,(H,23,24,25). The summed E-state index contributed by atoms with van der Waals surface area (Å²) in [6, 6.07) is 9.53. The Balaban J connectivity index is 1.80. The van der Waals surface area contributed by atoms with Crippen LogP contribution in [0.5, 0.6) is 0 Å². The molecule has 0 fully saturated rings. The summed E-state index contributed by atoms with van der Waals surface area (Å²) in [5, 5.41) is 7.71. The third-order valence-corrected chi connectivity index (χ3v) is 4.09. The van der Waals surface area contributed by atoms with Crippen LogP contribution >= 0.6 is 0 Å². The molecule has 0 amide bonds. The number of benzene rings is 1. The van der Waals surface area contributed by atoms with Crippen LogP contribution in [-0.2, 0) is 11.3 Å². The first-order valence-electron chi connectivity index (χ1n) is 8.89. The zero-order chi connectivity index (χ0) is 20.2. The van der Waals surface area contributed by atoms with Crippen molar-refractivity contribution in [3.8, 4) is 11.3 Å². The number of aromatic nitrogens is 4. The van der Waals surface area contributed by atoms with Crippen molar-refractivity contribution in [3.05, 3.63) is 66.0 Å². The molecule has 4 aromatic rings. The number of halogens is 1. The minimum atomic E-state index is -0.668. The van der Waals surface area contributed by atoms with Crippen molar-refractivity contribution in [1.82, 2.24) is 20.1 Å². The predicted molar refractivity (Wildman–Crippen MR) is 103 cm³/mol. The Morgan fingerprint density at radius 1 is 1.21 bits per heavy atom. The highest BCUT2D eigenvalue weighted by Gasteiger charge is 2.22. The summed E-state index contributed by atoms with van der Waals surface area (Å²) in [6.45, 7) is 2.28. The van der Waals surface area contributed by atoms with Crippen LogP contribution in [0.2, 0.25) is 0 Å². The highest BCUT2D eigenvalue weighted by Crippen LogP contribution is 2.32. The number of fused-ring (bicyclic) bond motifs is 1. The molecule has 0 aliphatic rings. The molecule has 0 saturated carbocycles. The fourth-order valence-corrected chi connectivity index (χ4v) is 2.76. The van der Waals surface area contributed by atoms with Gasteiger partial charge in [0, 0.05) is 24.5 Å². The van der Waals surface area contributed by atoms with Gasteiger partial charge in [0.2, 0.25) is 5.82 Å². The van der Waals surface area contributed by atoms with Gasteiger partial charge in [0.25, 0.3) is 5.71 Å². The van der Waals surface area contributed by atoms with E-state index >= 15 is 0 Å². The van der Waals surface area contributed by atoms with E-state index in [9.17, 15) is 9.18 Å². The SMILES string of the molecule is CCOC(=O)c1nc(NCc2cccnc2)c2c(-c3ccc(F)cc3)noc2n1. The lowest BCUT2D eigenvalue weighted by Crippen LogP contribution is -2.12. The molecular formula is C20H16FN5O3. The van der Waals surface area contributed by atoms with Gasteiger partial charge in [-0.2, -0.15) is 4.98 Å². The zero-order valence-electron chi connectivity index (χ0n) is 15.4. The number of ether oxygens (including phenoxy) is 1. The molecule has 9 heteroatoms. The molecule has 0 aliphatic heterocycles. The molecule has 3 heterocycles. The zero-order valence-corrected chi connectivity index (χ0v) is 15.4. The average Bonchev–Trinajstić information content (AvgIpc) is 3.18. The number of carbonyl (C=O) groups excluding carboxylic acids is 1. The van der Waals surface area contributed by atoms with Gasteiger partial charge in [-0.3, -0.25) is 4.98 Å². The molecule has 1 N–H and O–H groups in total. The van der Waals surface area contributed by atoms with Gasteiger partial charge < -0.3 is 14.6 Å². The van der Waals surface area contributed by atoms with Crippen molar-refractivity contribution in [1.29, 1.82) is 0 Å². The van der Waals surface area contributed by atoms with Crippen molar-refractivity contribution >= 4 is 22.9 Å². The van der Waals surface area contributed by atoms with E-state index in [1.165, 1.54) is 12.1 Å². The van der Waals surface area contributed by atoms with E-state index in [-0.39, 0.29) is 24.0 Å². The van der Waals surface area contributed by atoms with Gasteiger partial charge in [0.15, 0.2) is 0 Å². The van der Waals surface area contributed by atoms with Crippen LogP contribution in [0.4, 0.5) is 10.2 Å². The van der Waals surface area contributed by atoms with Crippen LogP contribution in [0, 0.1) is 5.82 Å². The van der Waals surface area contributed by atoms with Crippen molar-refractivity contribution in [3.63, 3.8) is 0 Å². The lowest BCUT2D eigenvalue weighted by molar-refractivity contribution is 0.0512. The largest absolute Gasteiger partial charge is 0.460 e. The van der Waals surface area contributed by atoms with Crippen molar-refractivity contribution in [2.75, 3.05) is 11.9 Å². The van der Waals surface area contributed by atoms with Crippen LogP contribution in [0.15, 0.2) is 53.3 Å². The van der Waals surface area contributed by atoms with E-state index in [4.69, 9.17) is 9.26 Å². The number of carbonyl (C=O) groups is 1. The van der Waals surface area contributed by atoms with E-state index in [0.717, 1.165) is 5.56 Å². The van der Waals surface area contributed by atoms with Gasteiger partial charge in [0.1, 0.15) is 22.7 Å². The van der Waals surface area contributed by atoms with Gasteiger partial charge in [0.05, 0.1) is 6.61 Å². The molecule has 0 atom stereocenters. The predicted octanol–water partition coefficient (Wildman–Crippen LogP) is 3.61. The quantitative estimate of drug-likeness (QED) is 0.496. The third-order valence-electron chi connectivity index (χ3n) is 4.09. The van der Waals surface area contributed by atoms with E-state index < -0.39 is 5.97 Å². The van der Waals surface area contributed by atoms with Crippen LogP contribution in [0.3, 0.4) is 0 Å². The number of esters is 1. The van der Waals surface area contributed by atoms with E-state index in [1.807, 2.05) is 12.1 Å². The first-order chi connectivity index (χ1) is 14.2. The molecular weight excluding hydrogens is 377 g/mol. The molecule has 0 radical (unpaired) electrons. The number of hydrogen-bond donors (Lipinski definition) is 1. The normalized spacial score (nSPS) is 10.8. The minimum absolute atomic E-state index is 0.121. The topological polar surface area (TPSA) is 103 Å². The Kier molecular flexibility index (Phi) is 5.10. The summed E-state index contributed by atoms with van der Waals surface area (Å²) in [5.41, 5.74) is 2.10. The maximum atomic E-state index is 13.3. The van der Waals surface area contributed by atoms with Crippen LogP contribution in [-0.4, -0.2) is 32.7 Å². The maximum Gasteiger partial charge on any atom is 0.376 e. The van der Waals surface area contributed by atoms with Gasteiger partial charge in [-0.1, -0.05) is 11.2 Å². The van der Waals surface area contributed by atoms with Crippen LogP contribution in [0.25, 0.3) is 22.4 Å². The van der Waals surface area contributed by atoms with Crippen molar-refractivity contribution in [2.45, 2.75) is 13.5 Å². The van der Waals surface area contributed by atoms with Gasteiger partial charge >= 0.3 is 5.97 Å². The highest BCUT2D eigenvalue weighted by molar-refractivity contribution is 5.99. The molecule has 1 aromatic carbocycles. The Labute approximate surface area is 164 Å². The first kappa shape index (κ1) is 18.5. The third kappa shape index (κ3) is 3.88. The monoisotopic (exact) mass is 393 g/mol. The second kappa shape index (κ2) is 8.01. The minimum Gasteiger partial charge on any atom is -0.460 e. The molecule has 8 nitrogen and oxygen atoms in total.